The molecule has 144 valence electrons. The third-order valence-corrected chi connectivity index (χ3v) is 4.12. The van der Waals surface area contributed by atoms with E-state index < -0.39 is 16.1 Å². The number of nitrogens with zero attached hydrogens (tertiary/aromatic N) is 4. The largest absolute Gasteiger partial charge is 0.472 e. The molecule has 2 aromatic heterocycles. The molecule has 27 heavy (non-hydrogen) atoms. The number of amides is 2. The van der Waals surface area contributed by atoms with E-state index in [1.807, 2.05) is 4.72 Å². The van der Waals surface area contributed by atoms with Gasteiger partial charge < -0.3 is 14.2 Å². The quantitative estimate of drug-likeness (QED) is 0.597. The van der Waals surface area contributed by atoms with Crippen LogP contribution < -0.4 is 24.2 Å². The number of rotatable bonds is 8. The van der Waals surface area contributed by atoms with Crippen molar-refractivity contribution in [2.75, 3.05) is 26.1 Å². The predicted octanol–water partition coefficient (Wildman–Crippen LogP) is 0.359. The summed E-state index contributed by atoms with van der Waals surface area (Å²) < 4.78 is 41.6. The molecule has 2 N–H and O–H groups in total. The van der Waals surface area contributed by atoms with Crippen molar-refractivity contribution >= 4 is 22.0 Å². The third-order valence-electron chi connectivity index (χ3n) is 2.78. The van der Waals surface area contributed by atoms with Gasteiger partial charge in [0.15, 0.2) is 0 Å². The molecule has 0 saturated carbocycles. The molecule has 0 atom stereocenters. The molecule has 0 aromatic carbocycles. The monoisotopic (exact) mass is 396 g/mol. The second kappa shape index (κ2) is 8.75. The van der Waals surface area contributed by atoms with E-state index in [-0.39, 0.29) is 35.4 Å². The summed E-state index contributed by atoms with van der Waals surface area (Å²) in [5, 5.41) is 2.15. The van der Waals surface area contributed by atoms with Gasteiger partial charge in [-0.05, 0) is 12.1 Å². The fourth-order valence-electron chi connectivity index (χ4n) is 1.71. The van der Waals surface area contributed by atoms with E-state index in [0.29, 0.717) is 0 Å². The van der Waals surface area contributed by atoms with Gasteiger partial charge in [-0.1, -0.05) is 12.7 Å². The van der Waals surface area contributed by atoms with Crippen molar-refractivity contribution < 1.29 is 27.4 Å². The molecule has 0 aliphatic heterocycles. The molecular formula is C14H16N6O6S. The zero-order valence-electron chi connectivity index (χ0n) is 14.4. The number of urea groups is 1. The van der Waals surface area contributed by atoms with Gasteiger partial charge in [-0.15, -0.1) is 4.98 Å². The number of ether oxygens (including phenoxy) is 3. The first-order valence-corrected chi connectivity index (χ1v) is 8.74. The minimum absolute atomic E-state index is 0.0379. The number of hydrogen-bond acceptors (Lipinski definition) is 10. The molecule has 0 fully saturated rings. The van der Waals surface area contributed by atoms with Gasteiger partial charge in [-0.3, -0.25) is 5.32 Å². The van der Waals surface area contributed by atoms with Crippen molar-refractivity contribution in [3.8, 4) is 17.9 Å². The Labute approximate surface area is 154 Å². The van der Waals surface area contributed by atoms with Crippen LogP contribution in [0.2, 0.25) is 0 Å². The van der Waals surface area contributed by atoms with E-state index in [1.54, 1.807) is 0 Å². The molecule has 2 heterocycles. The van der Waals surface area contributed by atoms with Gasteiger partial charge >= 0.3 is 18.1 Å². The third kappa shape index (κ3) is 5.24. The summed E-state index contributed by atoms with van der Waals surface area (Å²) in [6.07, 6.45) is 2.77. The number of sulfonamides is 1. The fourth-order valence-corrected chi connectivity index (χ4v) is 2.71. The molecule has 2 rings (SSSR count). The summed E-state index contributed by atoms with van der Waals surface area (Å²) in [5.41, 5.74) is 0. The van der Waals surface area contributed by atoms with Gasteiger partial charge in [-0.2, -0.15) is 9.97 Å². The Balaban J connectivity index is 2.19. The lowest BCUT2D eigenvalue weighted by molar-refractivity contribution is 0.256. The second-order valence-electron chi connectivity index (χ2n) is 4.60. The standard InChI is InChI=1S/C14H16N6O6S/c1-4-8-26-10-9(6-5-7-15-10)27(22,23)20-12(21)16-11-17-13(24-2)19-14(18-11)25-3/h4-7H,1,8H2,2-3H3,(H2,16,17,18,19,20,21). The molecule has 0 aliphatic rings. The maximum atomic E-state index is 12.4. The molecule has 0 saturated heterocycles. The number of anilines is 1. The lowest BCUT2D eigenvalue weighted by Crippen LogP contribution is -2.35. The number of carbonyl (C=O) groups is 1. The summed E-state index contributed by atoms with van der Waals surface area (Å²) in [5.74, 6) is -0.457. The zero-order valence-corrected chi connectivity index (χ0v) is 15.2. The zero-order chi connectivity index (χ0) is 19.9. The molecule has 0 radical (unpaired) electrons. The Kier molecular flexibility index (Phi) is 6.43. The van der Waals surface area contributed by atoms with E-state index >= 15 is 0 Å². The molecule has 0 spiro atoms. The van der Waals surface area contributed by atoms with Crippen LogP contribution in [0.4, 0.5) is 10.7 Å². The van der Waals surface area contributed by atoms with Gasteiger partial charge in [-0.25, -0.2) is 22.9 Å². The number of carbonyl (C=O) groups excluding carboxylic acids is 1. The molecule has 2 amide bonds. The topological polar surface area (TPSA) is 155 Å². The normalized spacial score (nSPS) is 10.6. The first-order chi connectivity index (χ1) is 12.9. The van der Waals surface area contributed by atoms with Crippen molar-refractivity contribution in [2.24, 2.45) is 0 Å². The molecule has 0 unspecified atom stereocenters. The van der Waals surface area contributed by atoms with Crippen molar-refractivity contribution in [3.63, 3.8) is 0 Å². The highest BCUT2D eigenvalue weighted by atomic mass is 32.2. The molecule has 12 nitrogen and oxygen atoms in total. The van der Waals surface area contributed by atoms with Crippen LogP contribution in [0.3, 0.4) is 0 Å². The molecule has 0 aliphatic carbocycles. The summed E-state index contributed by atoms with van der Waals surface area (Å²) in [7, 11) is -1.69. The molecule has 2 aromatic rings. The number of hydrogen-bond donors (Lipinski definition) is 2. The number of aromatic nitrogens is 4. The van der Waals surface area contributed by atoms with Crippen LogP contribution in [0, 0.1) is 0 Å². The maximum absolute atomic E-state index is 12.4. The Morgan fingerprint density at radius 1 is 1.22 bits per heavy atom. The van der Waals surface area contributed by atoms with Crippen molar-refractivity contribution in [3.05, 3.63) is 31.0 Å². The van der Waals surface area contributed by atoms with E-state index in [1.165, 1.54) is 38.6 Å². The highest BCUT2D eigenvalue weighted by molar-refractivity contribution is 7.90. The fraction of sp³-hybridized carbons (Fsp3) is 0.214. The van der Waals surface area contributed by atoms with Crippen LogP contribution in [0.5, 0.6) is 17.9 Å². The lowest BCUT2D eigenvalue weighted by Gasteiger charge is -2.11. The van der Waals surface area contributed by atoms with Crippen LogP contribution in [-0.2, 0) is 10.0 Å². The second-order valence-corrected chi connectivity index (χ2v) is 6.25. The van der Waals surface area contributed by atoms with E-state index in [0.717, 1.165) is 0 Å². The lowest BCUT2D eigenvalue weighted by atomic mass is 10.5. The Morgan fingerprint density at radius 3 is 2.48 bits per heavy atom. The minimum atomic E-state index is -4.29. The van der Waals surface area contributed by atoms with E-state index in [2.05, 4.69) is 31.8 Å². The number of methoxy groups -OCH3 is 2. The van der Waals surface area contributed by atoms with Crippen molar-refractivity contribution in [1.29, 1.82) is 0 Å². The average molecular weight is 396 g/mol. The maximum Gasteiger partial charge on any atom is 0.335 e. The first kappa shape index (κ1) is 19.8. The summed E-state index contributed by atoms with van der Waals surface area (Å²) in [4.78, 5) is 26.8. The molecule has 13 heteroatoms. The summed E-state index contributed by atoms with van der Waals surface area (Å²) >= 11 is 0. The summed E-state index contributed by atoms with van der Waals surface area (Å²) in [6, 6.07) is 1.23. The smallest absolute Gasteiger partial charge is 0.335 e. The molecule has 0 bridgehead atoms. The Hall–Kier alpha value is -3.48. The van der Waals surface area contributed by atoms with Crippen LogP contribution >= 0.6 is 0 Å². The van der Waals surface area contributed by atoms with Crippen molar-refractivity contribution in [1.82, 2.24) is 24.7 Å². The highest BCUT2D eigenvalue weighted by Crippen LogP contribution is 2.20. The Morgan fingerprint density at radius 2 is 1.89 bits per heavy atom. The minimum Gasteiger partial charge on any atom is -0.472 e. The van der Waals surface area contributed by atoms with E-state index in [9.17, 15) is 13.2 Å². The van der Waals surface area contributed by atoms with E-state index in [4.69, 9.17) is 14.2 Å². The van der Waals surface area contributed by atoms with Crippen molar-refractivity contribution in [2.45, 2.75) is 4.90 Å². The highest BCUT2D eigenvalue weighted by Gasteiger charge is 2.23. The van der Waals surface area contributed by atoms with Crippen LogP contribution in [0.15, 0.2) is 35.9 Å². The average Bonchev–Trinajstić information content (AvgIpc) is 2.65. The summed E-state index contributed by atoms with van der Waals surface area (Å²) in [6.45, 7) is 3.51. The van der Waals surface area contributed by atoms with Gasteiger partial charge in [0.1, 0.15) is 11.5 Å². The SMILES string of the molecule is C=CCOc1ncccc1S(=O)(=O)NC(=O)Nc1nc(OC)nc(OC)n1. The van der Waals surface area contributed by atoms with Gasteiger partial charge in [0.2, 0.25) is 11.8 Å². The number of pyridine rings is 1. The van der Waals surface area contributed by atoms with Crippen LogP contribution in [-0.4, -0.2) is 55.2 Å². The predicted molar refractivity (Wildman–Crippen MR) is 92.2 cm³/mol. The number of nitrogens with one attached hydrogen (secondary N) is 2. The Bertz CT molecular complexity index is 913. The molecular weight excluding hydrogens is 380 g/mol. The van der Waals surface area contributed by atoms with Gasteiger partial charge in [0.25, 0.3) is 10.0 Å². The first-order valence-electron chi connectivity index (χ1n) is 7.26. The van der Waals surface area contributed by atoms with Gasteiger partial charge in [0, 0.05) is 6.20 Å². The van der Waals surface area contributed by atoms with Crippen LogP contribution in [0.1, 0.15) is 0 Å². The van der Waals surface area contributed by atoms with Gasteiger partial charge in [0.05, 0.1) is 14.2 Å². The van der Waals surface area contributed by atoms with Crippen LogP contribution in [0.25, 0.3) is 0 Å².